The van der Waals surface area contributed by atoms with Crippen LogP contribution in [-0.2, 0) is 4.79 Å². The second kappa shape index (κ2) is 9.44. The van der Waals surface area contributed by atoms with Crippen LogP contribution in [0.4, 0.5) is 5.82 Å². The molecular formula is C22H28N4O2. The van der Waals surface area contributed by atoms with Gasteiger partial charge in [-0.1, -0.05) is 31.4 Å². The number of hydrogen-bond acceptors (Lipinski definition) is 4. The Hall–Kier alpha value is -2.76. The Morgan fingerprint density at radius 3 is 2.61 bits per heavy atom. The summed E-state index contributed by atoms with van der Waals surface area (Å²) in [5.41, 5.74) is 1.17. The van der Waals surface area contributed by atoms with Crippen LogP contribution in [0.5, 0.6) is 0 Å². The number of carbonyl (C=O) groups is 2. The van der Waals surface area contributed by atoms with Gasteiger partial charge >= 0.3 is 0 Å². The molecule has 0 bridgehead atoms. The highest BCUT2D eigenvalue weighted by atomic mass is 16.2. The number of unbranched alkanes of at least 4 members (excludes halogenated alkanes) is 1. The zero-order chi connectivity index (χ0) is 19.8. The molecule has 1 saturated carbocycles. The van der Waals surface area contributed by atoms with Gasteiger partial charge in [-0.15, -0.1) is 0 Å². The number of pyridine rings is 2. The summed E-state index contributed by atoms with van der Waals surface area (Å²) in [4.78, 5) is 33.1. The number of aryl methyl sites for hydroxylation is 1. The van der Waals surface area contributed by atoms with Gasteiger partial charge in [0.2, 0.25) is 5.91 Å². The fraction of sp³-hybridized carbons (Fsp3) is 0.455. The van der Waals surface area contributed by atoms with E-state index in [1.807, 2.05) is 25.1 Å². The quantitative estimate of drug-likeness (QED) is 0.677. The van der Waals surface area contributed by atoms with Gasteiger partial charge in [-0.2, -0.15) is 0 Å². The predicted octanol–water partition coefficient (Wildman–Crippen LogP) is 4.03. The lowest BCUT2D eigenvalue weighted by Crippen LogP contribution is -2.46. The first-order chi connectivity index (χ1) is 13.6. The minimum atomic E-state index is -0.164. The van der Waals surface area contributed by atoms with Gasteiger partial charge in [-0.25, -0.2) is 4.98 Å². The highest BCUT2D eigenvalue weighted by molar-refractivity contribution is 5.92. The molecule has 6 nitrogen and oxygen atoms in total. The summed E-state index contributed by atoms with van der Waals surface area (Å²) < 4.78 is 0. The number of hydrogen-bond donors (Lipinski definition) is 2. The highest BCUT2D eigenvalue weighted by Crippen LogP contribution is 2.34. The molecule has 2 amide bonds. The lowest BCUT2D eigenvalue weighted by molar-refractivity contribution is -0.116. The molecular weight excluding hydrogens is 352 g/mol. The largest absolute Gasteiger partial charge is 0.345 e. The Kier molecular flexibility index (Phi) is 6.74. The van der Waals surface area contributed by atoms with E-state index >= 15 is 0 Å². The highest BCUT2D eigenvalue weighted by Gasteiger charge is 2.35. The topological polar surface area (TPSA) is 84.0 Å². The maximum absolute atomic E-state index is 12.5. The van der Waals surface area contributed by atoms with E-state index in [1.165, 1.54) is 0 Å². The van der Waals surface area contributed by atoms with Crippen molar-refractivity contribution in [3.05, 3.63) is 54.0 Å². The van der Waals surface area contributed by atoms with Gasteiger partial charge in [0.25, 0.3) is 5.91 Å². The Morgan fingerprint density at radius 2 is 1.89 bits per heavy atom. The zero-order valence-electron chi connectivity index (χ0n) is 16.4. The second-order valence-corrected chi connectivity index (χ2v) is 7.58. The molecule has 28 heavy (non-hydrogen) atoms. The lowest BCUT2D eigenvalue weighted by Gasteiger charge is -2.30. The first-order valence-corrected chi connectivity index (χ1v) is 10.0. The van der Waals surface area contributed by atoms with Crippen molar-refractivity contribution in [2.45, 2.75) is 63.8 Å². The molecule has 0 atom stereocenters. The fourth-order valence-electron chi connectivity index (χ4n) is 3.86. The zero-order valence-corrected chi connectivity index (χ0v) is 16.4. The fourth-order valence-corrected chi connectivity index (χ4v) is 3.86. The van der Waals surface area contributed by atoms with Crippen LogP contribution in [0.3, 0.4) is 0 Å². The van der Waals surface area contributed by atoms with E-state index in [4.69, 9.17) is 0 Å². The van der Waals surface area contributed by atoms with Crippen molar-refractivity contribution in [1.82, 2.24) is 15.3 Å². The molecule has 148 valence electrons. The third-order valence-electron chi connectivity index (χ3n) is 5.30. The van der Waals surface area contributed by atoms with Crippen LogP contribution in [-0.4, -0.2) is 27.3 Å². The van der Waals surface area contributed by atoms with Crippen molar-refractivity contribution in [1.29, 1.82) is 0 Å². The molecule has 6 heteroatoms. The SMILES string of the molecule is Cc1cccc(NC(=O)CCCCC2(NC(=O)c3ccccn3)CCCC2)n1. The second-order valence-electron chi connectivity index (χ2n) is 7.58. The van der Waals surface area contributed by atoms with Gasteiger partial charge in [0.15, 0.2) is 0 Å². The average Bonchev–Trinajstić information content (AvgIpc) is 3.14. The number of aromatic nitrogens is 2. The van der Waals surface area contributed by atoms with E-state index in [9.17, 15) is 9.59 Å². The Labute approximate surface area is 166 Å². The maximum atomic E-state index is 12.5. The van der Waals surface area contributed by atoms with Gasteiger partial charge in [0.1, 0.15) is 11.5 Å². The van der Waals surface area contributed by atoms with Crippen LogP contribution < -0.4 is 10.6 Å². The Bertz CT molecular complexity index is 801. The maximum Gasteiger partial charge on any atom is 0.270 e. The molecule has 3 rings (SSSR count). The number of nitrogens with zero attached hydrogens (tertiary/aromatic N) is 2. The summed E-state index contributed by atoms with van der Waals surface area (Å²) in [7, 11) is 0. The normalized spacial score (nSPS) is 15.2. The molecule has 0 spiro atoms. The van der Waals surface area contributed by atoms with Crippen LogP contribution in [0.15, 0.2) is 42.6 Å². The van der Waals surface area contributed by atoms with Crippen molar-refractivity contribution >= 4 is 17.6 Å². The number of anilines is 1. The minimum absolute atomic E-state index is 0.0175. The smallest absolute Gasteiger partial charge is 0.270 e. The summed E-state index contributed by atoms with van der Waals surface area (Å²) in [6, 6.07) is 10.9. The van der Waals surface area contributed by atoms with Gasteiger partial charge in [-0.3, -0.25) is 14.6 Å². The van der Waals surface area contributed by atoms with Gasteiger partial charge in [-0.05, 0) is 56.9 Å². The number of nitrogens with one attached hydrogen (secondary N) is 2. The summed E-state index contributed by atoms with van der Waals surface area (Å²) in [6.07, 6.45) is 8.91. The van der Waals surface area contributed by atoms with E-state index in [1.54, 1.807) is 24.4 Å². The van der Waals surface area contributed by atoms with E-state index in [2.05, 4.69) is 20.6 Å². The van der Waals surface area contributed by atoms with Crippen LogP contribution in [0.25, 0.3) is 0 Å². The molecule has 1 aliphatic carbocycles. The molecule has 0 unspecified atom stereocenters. The van der Waals surface area contributed by atoms with E-state index in [0.717, 1.165) is 50.6 Å². The molecule has 0 saturated heterocycles. The molecule has 2 aromatic rings. The molecule has 1 fully saturated rings. The third-order valence-corrected chi connectivity index (χ3v) is 5.30. The average molecular weight is 380 g/mol. The Balaban J connectivity index is 1.46. The lowest BCUT2D eigenvalue weighted by atomic mass is 9.90. The monoisotopic (exact) mass is 380 g/mol. The van der Waals surface area contributed by atoms with Crippen LogP contribution in [0.1, 0.15) is 67.5 Å². The first-order valence-electron chi connectivity index (χ1n) is 10.0. The van der Waals surface area contributed by atoms with Crippen LogP contribution in [0.2, 0.25) is 0 Å². The van der Waals surface area contributed by atoms with E-state index < -0.39 is 0 Å². The van der Waals surface area contributed by atoms with Crippen molar-refractivity contribution in [3.8, 4) is 0 Å². The predicted molar refractivity (Wildman–Crippen MR) is 109 cm³/mol. The number of amides is 2. The summed E-state index contributed by atoms with van der Waals surface area (Å²) in [6.45, 7) is 1.90. The molecule has 0 aromatic carbocycles. The van der Waals surface area contributed by atoms with Crippen molar-refractivity contribution in [2.75, 3.05) is 5.32 Å². The molecule has 2 heterocycles. The van der Waals surface area contributed by atoms with Crippen molar-refractivity contribution in [3.63, 3.8) is 0 Å². The summed E-state index contributed by atoms with van der Waals surface area (Å²) in [5, 5.41) is 6.08. The van der Waals surface area contributed by atoms with Gasteiger partial charge < -0.3 is 10.6 Å². The number of rotatable bonds is 8. The Morgan fingerprint density at radius 1 is 1.07 bits per heavy atom. The van der Waals surface area contributed by atoms with Crippen molar-refractivity contribution in [2.24, 2.45) is 0 Å². The standard InChI is InChI=1S/C22H28N4O2/c1-17-9-8-11-19(24-17)25-20(27)12-2-4-13-22(14-5-6-15-22)26-21(28)18-10-3-7-16-23-18/h3,7-11,16H,2,4-6,12-15H2,1H3,(H,26,28)(H,24,25,27). The van der Waals surface area contributed by atoms with E-state index in [-0.39, 0.29) is 17.4 Å². The molecule has 0 aliphatic heterocycles. The third kappa shape index (κ3) is 5.62. The van der Waals surface area contributed by atoms with Gasteiger partial charge in [0.05, 0.1) is 0 Å². The molecule has 0 radical (unpaired) electrons. The minimum Gasteiger partial charge on any atom is -0.345 e. The summed E-state index contributed by atoms with van der Waals surface area (Å²) in [5.74, 6) is 0.474. The van der Waals surface area contributed by atoms with Crippen LogP contribution in [0, 0.1) is 6.92 Å². The first kappa shape index (κ1) is 20.0. The molecule has 2 aromatic heterocycles. The molecule has 1 aliphatic rings. The van der Waals surface area contributed by atoms with Gasteiger partial charge in [0, 0.05) is 23.9 Å². The van der Waals surface area contributed by atoms with Crippen LogP contribution >= 0.6 is 0 Å². The number of carbonyl (C=O) groups excluding carboxylic acids is 2. The summed E-state index contributed by atoms with van der Waals surface area (Å²) >= 11 is 0. The molecule has 2 N–H and O–H groups in total. The van der Waals surface area contributed by atoms with E-state index in [0.29, 0.717) is 17.9 Å². The van der Waals surface area contributed by atoms with Crippen molar-refractivity contribution < 1.29 is 9.59 Å².